The summed E-state index contributed by atoms with van der Waals surface area (Å²) in [5.74, 6) is 0.604. The van der Waals surface area contributed by atoms with Gasteiger partial charge in [-0.2, -0.15) is 0 Å². The Hall–Kier alpha value is -1.82. The standard InChI is InChI=1S/C17H18N2O2S/c1-2-18-21-10-15-16(20)11-22-17(15)19-14-8-7-12-5-3-4-6-13(12)9-14/h3-9,18-19H,2,10-11H2,1H3. The minimum Gasteiger partial charge on any atom is -0.350 e. The van der Waals surface area contributed by atoms with Crippen LogP contribution in [0.4, 0.5) is 5.69 Å². The molecule has 2 N–H and O–H groups in total. The van der Waals surface area contributed by atoms with E-state index in [1.165, 1.54) is 22.5 Å². The number of hydrogen-bond acceptors (Lipinski definition) is 5. The van der Waals surface area contributed by atoms with Crippen LogP contribution in [0.2, 0.25) is 0 Å². The molecule has 0 radical (unpaired) electrons. The van der Waals surface area contributed by atoms with Gasteiger partial charge in [-0.15, -0.1) is 0 Å². The lowest BCUT2D eigenvalue weighted by Gasteiger charge is -2.10. The van der Waals surface area contributed by atoms with E-state index in [1.807, 2.05) is 25.1 Å². The van der Waals surface area contributed by atoms with Crippen LogP contribution in [0, 0.1) is 0 Å². The van der Waals surface area contributed by atoms with Crippen LogP contribution in [0.25, 0.3) is 10.8 Å². The maximum absolute atomic E-state index is 12.0. The molecule has 5 heteroatoms. The Labute approximate surface area is 133 Å². The largest absolute Gasteiger partial charge is 0.350 e. The van der Waals surface area contributed by atoms with Crippen LogP contribution in [-0.4, -0.2) is 24.7 Å². The van der Waals surface area contributed by atoms with Crippen molar-refractivity contribution < 1.29 is 9.63 Å². The van der Waals surface area contributed by atoms with Crippen molar-refractivity contribution in [3.8, 4) is 0 Å². The number of fused-ring (bicyclic) bond motifs is 1. The minimum atomic E-state index is 0.131. The second-order valence-corrected chi connectivity index (χ2v) is 5.98. The number of nitrogens with one attached hydrogen (secondary N) is 2. The van der Waals surface area contributed by atoms with Crippen LogP contribution >= 0.6 is 11.8 Å². The van der Waals surface area contributed by atoms with Gasteiger partial charge in [-0.1, -0.05) is 49.0 Å². The number of hydrogen-bond donors (Lipinski definition) is 2. The molecule has 0 amide bonds. The van der Waals surface area contributed by atoms with E-state index in [-0.39, 0.29) is 12.4 Å². The SMILES string of the molecule is CCNOCC1=C(Nc2ccc3ccccc3c2)SCC1=O. The highest BCUT2D eigenvalue weighted by molar-refractivity contribution is 8.04. The fourth-order valence-corrected chi connectivity index (χ4v) is 3.31. The zero-order valence-electron chi connectivity index (χ0n) is 12.4. The van der Waals surface area contributed by atoms with Crippen LogP contribution in [-0.2, 0) is 9.63 Å². The van der Waals surface area contributed by atoms with E-state index in [9.17, 15) is 4.79 Å². The van der Waals surface area contributed by atoms with Gasteiger partial charge in [-0.3, -0.25) is 9.63 Å². The lowest BCUT2D eigenvalue weighted by Crippen LogP contribution is -2.18. The van der Waals surface area contributed by atoms with Crippen molar-refractivity contribution in [1.82, 2.24) is 5.48 Å². The molecule has 0 unspecified atom stereocenters. The van der Waals surface area contributed by atoms with E-state index < -0.39 is 0 Å². The molecule has 0 atom stereocenters. The third kappa shape index (κ3) is 3.32. The number of carbonyl (C=O) groups excluding carboxylic acids is 1. The number of thioether (sulfide) groups is 1. The Kier molecular flexibility index (Phi) is 4.77. The Morgan fingerprint density at radius 2 is 2.00 bits per heavy atom. The van der Waals surface area contributed by atoms with Crippen molar-refractivity contribution in [2.45, 2.75) is 6.92 Å². The van der Waals surface area contributed by atoms with Crippen molar-refractivity contribution in [3.05, 3.63) is 53.1 Å². The summed E-state index contributed by atoms with van der Waals surface area (Å²) >= 11 is 1.53. The van der Waals surface area contributed by atoms with Crippen LogP contribution < -0.4 is 10.8 Å². The first kappa shape index (κ1) is 15.1. The normalized spacial score (nSPS) is 14.9. The first-order valence-electron chi connectivity index (χ1n) is 7.27. The van der Waals surface area contributed by atoms with Gasteiger partial charge in [0, 0.05) is 12.2 Å². The fourth-order valence-electron chi connectivity index (χ4n) is 2.32. The predicted molar refractivity (Wildman–Crippen MR) is 91.7 cm³/mol. The summed E-state index contributed by atoms with van der Waals surface area (Å²) in [6.45, 7) is 2.95. The van der Waals surface area contributed by atoms with Crippen molar-refractivity contribution in [2.75, 3.05) is 24.2 Å². The Morgan fingerprint density at radius 3 is 2.82 bits per heavy atom. The molecule has 114 valence electrons. The molecule has 2 aromatic carbocycles. The van der Waals surface area contributed by atoms with E-state index >= 15 is 0 Å². The summed E-state index contributed by atoms with van der Waals surface area (Å²) in [5, 5.41) is 6.62. The van der Waals surface area contributed by atoms with Gasteiger partial charge < -0.3 is 5.32 Å². The molecule has 0 aliphatic carbocycles. The molecular formula is C17H18N2O2S. The van der Waals surface area contributed by atoms with Crippen LogP contribution in [0.15, 0.2) is 53.1 Å². The molecule has 1 aliphatic rings. The molecule has 0 aromatic heterocycles. The van der Waals surface area contributed by atoms with E-state index in [1.54, 1.807) is 0 Å². The average Bonchev–Trinajstić information content (AvgIpc) is 2.88. The Balaban J connectivity index is 1.80. The highest BCUT2D eigenvalue weighted by Crippen LogP contribution is 2.31. The topological polar surface area (TPSA) is 50.4 Å². The van der Waals surface area contributed by atoms with Gasteiger partial charge in [-0.05, 0) is 22.9 Å². The number of ketones is 1. The number of benzene rings is 2. The van der Waals surface area contributed by atoms with Gasteiger partial charge in [0.1, 0.15) is 0 Å². The number of hydroxylamine groups is 1. The van der Waals surface area contributed by atoms with E-state index in [0.29, 0.717) is 17.9 Å². The molecule has 0 spiro atoms. The first-order valence-corrected chi connectivity index (χ1v) is 8.26. The van der Waals surface area contributed by atoms with Crippen molar-refractivity contribution in [3.63, 3.8) is 0 Å². The molecular weight excluding hydrogens is 296 g/mol. The second kappa shape index (κ2) is 6.96. The predicted octanol–water partition coefficient (Wildman–Crippen LogP) is 3.32. The van der Waals surface area contributed by atoms with Crippen LogP contribution in [0.1, 0.15) is 6.92 Å². The molecule has 0 saturated carbocycles. The number of anilines is 1. The molecule has 22 heavy (non-hydrogen) atoms. The van der Waals surface area contributed by atoms with Gasteiger partial charge in [0.25, 0.3) is 0 Å². The molecule has 0 saturated heterocycles. The molecule has 4 nitrogen and oxygen atoms in total. The van der Waals surface area contributed by atoms with Gasteiger partial charge in [-0.25, -0.2) is 5.48 Å². The van der Waals surface area contributed by atoms with Crippen molar-refractivity contribution in [2.24, 2.45) is 0 Å². The van der Waals surface area contributed by atoms with Crippen LogP contribution in [0.5, 0.6) is 0 Å². The maximum atomic E-state index is 12.0. The molecule has 1 aliphatic heterocycles. The summed E-state index contributed by atoms with van der Waals surface area (Å²) in [7, 11) is 0. The molecule has 0 fully saturated rings. The highest BCUT2D eigenvalue weighted by Gasteiger charge is 2.24. The molecule has 3 rings (SSSR count). The minimum absolute atomic E-state index is 0.131. The van der Waals surface area contributed by atoms with Gasteiger partial charge in [0.05, 0.1) is 23.0 Å². The Morgan fingerprint density at radius 1 is 1.18 bits per heavy atom. The van der Waals surface area contributed by atoms with E-state index in [0.717, 1.165) is 10.7 Å². The zero-order valence-corrected chi connectivity index (χ0v) is 13.2. The summed E-state index contributed by atoms with van der Waals surface area (Å²) in [4.78, 5) is 17.2. The number of Topliss-reactive ketones (excluding diaryl/α,β-unsaturated/α-hetero) is 1. The lowest BCUT2D eigenvalue weighted by molar-refractivity contribution is -0.114. The third-order valence-corrected chi connectivity index (χ3v) is 4.47. The quantitative estimate of drug-likeness (QED) is 0.633. The van der Waals surface area contributed by atoms with Gasteiger partial charge >= 0.3 is 0 Å². The first-order chi connectivity index (χ1) is 10.8. The fraction of sp³-hybridized carbons (Fsp3) is 0.235. The van der Waals surface area contributed by atoms with Crippen molar-refractivity contribution in [1.29, 1.82) is 0 Å². The third-order valence-electron chi connectivity index (χ3n) is 3.43. The Bertz CT molecular complexity index is 727. The molecule has 2 aromatic rings. The summed E-state index contributed by atoms with van der Waals surface area (Å²) in [6, 6.07) is 14.4. The van der Waals surface area contributed by atoms with E-state index in [2.05, 4.69) is 35.1 Å². The lowest BCUT2D eigenvalue weighted by atomic mass is 10.1. The van der Waals surface area contributed by atoms with Gasteiger partial charge in [0.15, 0.2) is 5.78 Å². The van der Waals surface area contributed by atoms with Crippen LogP contribution in [0.3, 0.4) is 0 Å². The molecule has 0 bridgehead atoms. The van der Waals surface area contributed by atoms with Crippen molar-refractivity contribution >= 4 is 34.0 Å². The van der Waals surface area contributed by atoms with E-state index in [4.69, 9.17) is 4.84 Å². The van der Waals surface area contributed by atoms with Gasteiger partial charge in [0.2, 0.25) is 0 Å². The average molecular weight is 314 g/mol. The summed E-state index contributed by atoms with van der Waals surface area (Å²) < 4.78 is 0. The summed E-state index contributed by atoms with van der Waals surface area (Å²) in [5.41, 5.74) is 4.47. The highest BCUT2D eigenvalue weighted by atomic mass is 32.2. The molecule has 1 heterocycles. The maximum Gasteiger partial charge on any atom is 0.174 e. The summed E-state index contributed by atoms with van der Waals surface area (Å²) in [6.07, 6.45) is 0. The zero-order chi connectivity index (χ0) is 15.4. The second-order valence-electron chi connectivity index (χ2n) is 4.99. The monoisotopic (exact) mass is 314 g/mol. The number of rotatable bonds is 6. The smallest absolute Gasteiger partial charge is 0.174 e. The number of carbonyl (C=O) groups is 1.